The zero-order valence-electron chi connectivity index (χ0n) is 15.1. The number of carbonyl (C=O) groups is 1. The van der Waals surface area contributed by atoms with Crippen LogP contribution in [0.4, 0.5) is 16.2 Å². The largest absolute Gasteiger partial charge is 0.372 e. The minimum Gasteiger partial charge on any atom is -0.372 e. The molecule has 0 aliphatic carbocycles. The summed E-state index contributed by atoms with van der Waals surface area (Å²) < 4.78 is 0. The number of urea groups is 1. The van der Waals surface area contributed by atoms with Gasteiger partial charge in [-0.05, 0) is 68.0 Å². The van der Waals surface area contributed by atoms with Crippen molar-refractivity contribution in [2.24, 2.45) is 0 Å². The van der Waals surface area contributed by atoms with Crippen LogP contribution in [0.15, 0.2) is 42.5 Å². The molecule has 0 atom stereocenters. The van der Waals surface area contributed by atoms with E-state index in [0.29, 0.717) is 6.54 Å². The topological polar surface area (TPSA) is 44.4 Å². The molecule has 1 heterocycles. The van der Waals surface area contributed by atoms with Crippen LogP contribution in [-0.2, 0) is 12.8 Å². The Morgan fingerprint density at radius 2 is 2.08 bits per heavy atom. The molecule has 2 amide bonds. The van der Waals surface area contributed by atoms with Crippen LogP contribution in [0.1, 0.15) is 30.0 Å². The molecule has 1 aliphatic rings. The second-order valence-electron chi connectivity index (χ2n) is 6.65. The van der Waals surface area contributed by atoms with Gasteiger partial charge in [-0.15, -0.1) is 0 Å². The Hall–Kier alpha value is -2.49. The number of hydrogen-bond acceptors (Lipinski definition) is 2. The first-order valence-electron chi connectivity index (χ1n) is 9.14. The third kappa shape index (κ3) is 4.53. The molecule has 2 aromatic rings. The van der Waals surface area contributed by atoms with E-state index in [1.807, 2.05) is 31.2 Å². The van der Waals surface area contributed by atoms with Crippen LogP contribution in [0.25, 0.3) is 0 Å². The van der Waals surface area contributed by atoms with Crippen LogP contribution in [0.3, 0.4) is 0 Å². The molecule has 0 aromatic heterocycles. The van der Waals surface area contributed by atoms with Gasteiger partial charge < -0.3 is 15.5 Å². The van der Waals surface area contributed by atoms with Crippen molar-refractivity contribution >= 4 is 17.4 Å². The number of nitrogens with zero attached hydrogens (tertiary/aromatic N) is 1. The first kappa shape index (κ1) is 17.3. The molecule has 0 saturated heterocycles. The van der Waals surface area contributed by atoms with Gasteiger partial charge in [0.05, 0.1) is 0 Å². The lowest BCUT2D eigenvalue weighted by atomic mass is 9.98. The number of amides is 2. The second kappa shape index (κ2) is 8.06. The summed E-state index contributed by atoms with van der Waals surface area (Å²) in [5, 5.41) is 5.81. The van der Waals surface area contributed by atoms with Crippen molar-refractivity contribution in [3.8, 4) is 0 Å². The third-order valence-corrected chi connectivity index (χ3v) is 4.72. The number of fused-ring (bicyclic) bond motifs is 1. The van der Waals surface area contributed by atoms with Gasteiger partial charge in [-0.2, -0.15) is 0 Å². The molecule has 0 unspecified atom stereocenters. The minimum absolute atomic E-state index is 0.152. The maximum absolute atomic E-state index is 12.0. The summed E-state index contributed by atoms with van der Waals surface area (Å²) in [5.41, 5.74) is 6.06. The van der Waals surface area contributed by atoms with Gasteiger partial charge in [0, 0.05) is 31.0 Å². The summed E-state index contributed by atoms with van der Waals surface area (Å²) in [4.78, 5) is 14.4. The molecule has 2 N–H and O–H groups in total. The molecular weight excluding hydrogens is 310 g/mol. The summed E-state index contributed by atoms with van der Waals surface area (Å²) in [6.45, 7) is 7.07. The van der Waals surface area contributed by atoms with E-state index in [1.54, 1.807) is 0 Å². The lowest BCUT2D eigenvalue weighted by molar-refractivity contribution is 0.252. The van der Waals surface area contributed by atoms with E-state index < -0.39 is 0 Å². The fourth-order valence-electron chi connectivity index (χ4n) is 3.43. The highest BCUT2D eigenvalue weighted by molar-refractivity contribution is 5.89. The highest BCUT2D eigenvalue weighted by atomic mass is 16.2. The monoisotopic (exact) mass is 337 g/mol. The van der Waals surface area contributed by atoms with Crippen LogP contribution in [0.2, 0.25) is 0 Å². The van der Waals surface area contributed by atoms with Crippen molar-refractivity contribution in [2.45, 2.75) is 33.1 Å². The second-order valence-corrected chi connectivity index (χ2v) is 6.65. The van der Waals surface area contributed by atoms with Crippen LogP contribution in [0.5, 0.6) is 0 Å². The van der Waals surface area contributed by atoms with Gasteiger partial charge in [0.15, 0.2) is 0 Å². The van der Waals surface area contributed by atoms with Crippen LogP contribution < -0.4 is 15.5 Å². The summed E-state index contributed by atoms with van der Waals surface area (Å²) in [7, 11) is 0. The molecule has 132 valence electrons. The van der Waals surface area contributed by atoms with E-state index in [0.717, 1.165) is 37.2 Å². The number of aryl methyl sites for hydroxylation is 2. The molecule has 3 rings (SSSR count). The van der Waals surface area contributed by atoms with Gasteiger partial charge in [0.25, 0.3) is 0 Å². The molecule has 0 saturated carbocycles. The molecule has 1 aliphatic heterocycles. The van der Waals surface area contributed by atoms with Crippen molar-refractivity contribution < 1.29 is 4.79 Å². The van der Waals surface area contributed by atoms with E-state index in [4.69, 9.17) is 0 Å². The summed E-state index contributed by atoms with van der Waals surface area (Å²) in [6, 6.07) is 14.4. The number of anilines is 2. The lowest BCUT2D eigenvalue weighted by Gasteiger charge is -2.30. The molecule has 4 nitrogen and oxygen atoms in total. The predicted molar refractivity (Wildman–Crippen MR) is 105 cm³/mol. The number of carbonyl (C=O) groups excluding carboxylic acids is 1. The van der Waals surface area contributed by atoms with Gasteiger partial charge in [0.1, 0.15) is 0 Å². The van der Waals surface area contributed by atoms with E-state index in [2.05, 4.69) is 40.7 Å². The van der Waals surface area contributed by atoms with Crippen LogP contribution in [-0.4, -0.2) is 25.7 Å². The van der Waals surface area contributed by atoms with E-state index >= 15 is 0 Å². The molecule has 0 fully saturated rings. The fraction of sp³-hybridized carbons (Fsp3) is 0.381. The summed E-state index contributed by atoms with van der Waals surface area (Å²) >= 11 is 0. The van der Waals surface area contributed by atoms with Crippen molar-refractivity contribution in [1.29, 1.82) is 0 Å². The average molecular weight is 337 g/mol. The molecule has 0 spiro atoms. The lowest BCUT2D eigenvalue weighted by Crippen LogP contribution is -2.31. The van der Waals surface area contributed by atoms with Gasteiger partial charge in [-0.25, -0.2) is 4.79 Å². The number of hydrogen-bond donors (Lipinski definition) is 2. The van der Waals surface area contributed by atoms with E-state index in [-0.39, 0.29) is 6.03 Å². The fourth-order valence-corrected chi connectivity index (χ4v) is 3.43. The Balaban J connectivity index is 1.51. The Labute approximate surface area is 150 Å². The smallest absolute Gasteiger partial charge is 0.319 e. The van der Waals surface area contributed by atoms with Crippen molar-refractivity contribution in [1.82, 2.24) is 5.32 Å². The predicted octanol–water partition coefficient (Wildman–Crippen LogP) is 4.13. The summed E-state index contributed by atoms with van der Waals surface area (Å²) in [6.07, 6.45) is 3.23. The van der Waals surface area contributed by atoms with Gasteiger partial charge >= 0.3 is 6.03 Å². The molecule has 0 radical (unpaired) electrons. The highest BCUT2D eigenvalue weighted by Crippen LogP contribution is 2.27. The maximum Gasteiger partial charge on any atom is 0.319 e. The molecule has 0 bridgehead atoms. The summed E-state index contributed by atoms with van der Waals surface area (Å²) in [5.74, 6) is 0. The Morgan fingerprint density at radius 3 is 2.88 bits per heavy atom. The first-order chi connectivity index (χ1) is 12.2. The van der Waals surface area contributed by atoms with Gasteiger partial charge in [-0.1, -0.05) is 24.3 Å². The van der Waals surface area contributed by atoms with Gasteiger partial charge in [-0.3, -0.25) is 0 Å². The average Bonchev–Trinajstić information content (AvgIpc) is 2.61. The Morgan fingerprint density at radius 1 is 1.20 bits per heavy atom. The highest BCUT2D eigenvalue weighted by Gasteiger charge is 2.15. The number of rotatable bonds is 5. The zero-order valence-corrected chi connectivity index (χ0v) is 15.1. The Kier molecular flexibility index (Phi) is 5.59. The zero-order chi connectivity index (χ0) is 17.6. The Bertz CT molecular complexity index is 742. The quantitative estimate of drug-likeness (QED) is 0.861. The van der Waals surface area contributed by atoms with Crippen molar-refractivity contribution in [3.63, 3.8) is 0 Å². The van der Waals surface area contributed by atoms with Crippen LogP contribution in [0, 0.1) is 6.92 Å². The SMILES string of the molecule is CCN1CCCc2cc(CCNC(=O)Nc3cccc(C)c3)ccc21. The van der Waals surface area contributed by atoms with E-state index in [9.17, 15) is 4.79 Å². The van der Waals surface area contributed by atoms with Crippen LogP contribution >= 0.6 is 0 Å². The molecule has 2 aromatic carbocycles. The normalized spacial score (nSPS) is 13.3. The molecule has 4 heteroatoms. The number of benzene rings is 2. The number of nitrogens with one attached hydrogen (secondary N) is 2. The van der Waals surface area contributed by atoms with Crippen molar-refractivity contribution in [2.75, 3.05) is 29.9 Å². The standard InChI is InChI=1S/C21H27N3O/c1-3-24-13-5-7-18-15-17(9-10-20(18)24)11-12-22-21(25)23-19-8-4-6-16(2)14-19/h4,6,8-10,14-15H,3,5,7,11-13H2,1-2H3,(H2,22,23,25). The third-order valence-electron chi connectivity index (χ3n) is 4.72. The minimum atomic E-state index is -0.152. The molecule has 25 heavy (non-hydrogen) atoms. The van der Waals surface area contributed by atoms with E-state index in [1.165, 1.54) is 23.2 Å². The van der Waals surface area contributed by atoms with Crippen molar-refractivity contribution in [3.05, 3.63) is 59.2 Å². The molecular formula is C21H27N3O. The first-order valence-corrected chi connectivity index (χ1v) is 9.14. The maximum atomic E-state index is 12.0. The van der Waals surface area contributed by atoms with Gasteiger partial charge in [0.2, 0.25) is 0 Å².